The first-order valence-electron chi connectivity index (χ1n) is 44.3. The van der Waals surface area contributed by atoms with E-state index in [2.05, 4.69) is 52.8 Å². The third kappa shape index (κ3) is 29.5. The molecule has 0 spiro atoms. The number of H-pyrrole nitrogens is 1. The number of benzene rings is 5. The first kappa shape index (κ1) is 105. The highest BCUT2D eigenvalue weighted by atomic mass is 32.2. The Kier molecular flexibility index (Phi) is 38.9. The molecule has 0 radical (unpaired) electrons. The van der Waals surface area contributed by atoms with Gasteiger partial charge < -0.3 is 115 Å². The van der Waals surface area contributed by atoms with Crippen LogP contribution in [0, 0.1) is 23.4 Å². The number of phenols is 1. The van der Waals surface area contributed by atoms with E-state index in [0.717, 1.165) is 31.5 Å². The minimum absolute atomic E-state index is 0.00850. The molecule has 135 heavy (non-hydrogen) atoms. The number of nitrogens with two attached hydrogens (primary N) is 4. The summed E-state index contributed by atoms with van der Waals surface area (Å²) >= 11 is 0.639. The number of rotatable bonds is 25. The van der Waals surface area contributed by atoms with Gasteiger partial charge in [0.05, 0.1) is 38.0 Å². The van der Waals surface area contributed by atoms with Crippen molar-refractivity contribution in [2.75, 3.05) is 72.0 Å². The van der Waals surface area contributed by atoms with Gasteiger partial charge in [0, 0.05) is 102 Å². The van der Waals surface area contributed by atoms with E-state index in [4.69, 9.17) is 27.7 Å². The van der Waals surface area contributed by atoms with Crippen molar-refractivity contribution in [3.63, 3.8) is 0 Å². The Morgan fingerprint density at radius 3 is 1.71 bits per heavy atom. The average Bonchev–Trinajstić information content (AvgIpc) is 1.62. The van der Waals surface area contributed by atoms with Crippen molar-refractivity contribution < 1.29 is 110 Å². The predicted octanol–water partition coefficient (Wildman–Crippen LogP) is -1.57. The summed E-state index contributed by atoms with van der Waals surface area (Å²) in [6, 6.07) is 7.74. The van der Waals surface area contributed by atoms with Gasteiger partial charge in [-0.1, -0.05) is 125 Å². The molecule has 1 aromatic heterocycles. The molecule has 3 fully saturated rings. The maximum Gasteiger partial charge on any atom is 0.246 e. The topological polar surface area (TPSA) is 584 Å². The number of morpholine rings is 1. The quantitative estimate of drug-likeness (QED) is 0.0288. The fourth-order valence-electron chi connectivity index (χ4n) is 16.2. The molecule has 3 aliphatic rings. The summed E-state index contributed by atoms with van der Waals surface area (Å²) in [5.74, 6) is -25.3. The Morgan fingerprint density at radius 2 is 1.09 bits per heavy atom. The Balaban J connectivity index is 1.14. The second-order valence-corrected chi connectivity index (χ2v) is 35.0. The second-order valence-electron chi connectivity index (χ2n) is 34.0. The fourth-order valence-corrected chi connectivity index (χ4v) is 17.0. The summed E-state index contributed by atoms with van der Waals surface area (Å²) in [5.41, 5.74) is 24.8. The second kappa shape index (κ2) is 50.0. The van der Waals surface area contributed by atoms with E-state index in [1.54, 1.807) is 98.0 Å². The van der Waals surface area contributed by atoms with Crippen LogP contribution in [-0.2, 0) is 118 Å². The van der Waals surface area contributed by atoms with Crippen molar-refractivity contribution in [2.45, 2.75) is 195 Å². The van der Waals surface area contributed by atoms with Gasteiger partial charge in [-0.15, -0.1) is 11.8 Å². The molecule has 20 N–H and O–H groups in total. The van der Waals surface area contributed by atoms with Crippen molar-refractivity contribution >= 4 is 123 Å². The predicted molar refractivity (Wildman–Crippen MR) is 486 cm³/mol. The number of fused-ring (bicyclic) bond motifs is 3. The van der Waals surface area contributed by atoms with Gasteiger partial charge in [0.15, 0.2) is 17.5 Å². The molecule has 0 bridgehead atoms. The van der Waals surface area contributed by atoms with Crippen LogP contribution in [0.25, 0.3) is 10.9 Å². The number of para-hydroxylation sites is 1. The molecule has 9 rings (SSSR count). The molecule has 4 heterocycles. The number of carbonyl (C=O) groups excluding carboxylic acids is 17. The summed E-state index contributed by atoms with van der Waals surface area (Å²) in [6.07, 6.45) is -4.24. The largest absolute Gasteiger partial charge is 0.508 e. The Bertz CT molecular complexity index is 5240. The number of aromatic nitrogens is 1. The first-order chi connectivity index (χ1) is 64.2. The molecule has 43 heteroatoms. The highest BCUT2D eigenvalue weighted by Crippen LogP contribution is 2.28. The number of thioether (sulfide) groups is 1. The van der Waals surface area contributed by atoms with Crippen LogP contribution in [0.15, 0.2) is 128 Å². The van der Waals surface area contributed by atoms with Gasteiger partial charge >= 0.3 is 0 Å². The molecule has 3 aliphatic heterocycles. The van der Waals surface area contributed by atoms with E-state index >= 15 is 51.9 Å². The normalized spacial score (nSPS) is 24.0. The number of nitrogens with one attached hydrogen (secondary N) is 10. The van der Waals surface area contributed by atoms with Crippen LogP contribution in [0.5, 0.6) is 5.75 Å². The Labute approximate surface area is 781 Å². The first-order valence-corrected chi connectivity index (χ1v) is 45.4. The lowest BCUT2D eigenvalue weighted by atomic mass is 9.98. The zero-order valence-electron chi connectivity index (χ0n) is 75.7. The number of aliphatic hydroxyl groups excluding tert-OH is 1. The number of halogens is 3. The summed E-state index contributed by atoms with van der Waals surface area (Å²) in [4.78, 5) is 259. The molecular formula is C92H118F3N19O20S. The zero-order chi connectivity index (χ0) is 98.6. The molecule has 3 saturated heterocycles. The van der Waals surface area contributed by atoms with Gasteiger partial charge in [-0.3, -0.25) is 81.5 Å². The van der Waals surface area contributed by atoms with Crippen LogP contribution >= 0.6 is 11.8 Å². The number of hydrogen-bond donors (Lipinski definition) is 16. The summed E-state index contributed by atoms with van der Waals surface area (Å²) in [6.45, 7) is 2.29. The van der Waals surface area contributed by atoms with E-state index in [-0.39, 0.29) is 76.0 Å². The van der Waals surface area contributed by atoms with Gasteiger partial charge in [-0.05, 0) is 96.3 Å². The molecule has 0 aliphatic carbocycles. The van der Waals surface area contributed by atoms with E-state index in [0.29, 0.717) is 63.5 Å². The van der Waals surface area contributed by atoms with Crippen LogP contribution in [0.3, 0.4) is 0 Å². The molecule has 17 amide bonds. The van der Waals surface area contributed by atoms with Crippen LogP contribution in [0.1, 0.15) is 106 Å². The SMILES string of the molecule is CCCC[C@H]1C(=O)N2C[C@@H](O)C[C@@H]2C(=O)N[C@@H](CC(N)=O)C(=O)N[C@@H](C(C)C)C(=O)N(C)[C@@H](Cc2ccccc2)C(=O)N[C@@H](CCC(N)=O)C(=O)N2CCOC[C@@H]2C(=O)N[C@@H](Cc2c[nH]c3ccccc23)C(=O)N[C@@H](Cc2ccc(O)cc2)C(=O)N[C@@H](CCCN)C(=O)N[C@H](C(=O)NCC(N)=O)CSCC(=O)N[C@@H](Cc2cc(F)c(F)c(F)c2)C(=O)N(C)[C@@H](Cc2ccccc2)C(=O)N1C. The van der Waals surface area contributed by atoms with Gasteiger partial charge in [0.1, 0.15) is 84.3 Å². The highest BCUT2D eigenvalue weighted by molar-refractivity contribution is 8.00. The van der Waals surface area contributed by atoms with Gasteiger partial charge in [0.2, 0.25) is 100 Å². The van der Waals surface area contributed by atoms with Crippen LogP contribution in [0.4, 0.5) is 13.2 Å². The van der Waals surface area contributed by atoms with Crippen molar-refractivity contribution in [1.29, 1.82) is 0 Å². The van der Waals surface area contributed by atoms with E-state index in [1.165, 1.54) is 52.2 Å². The lowest BCUT2D eigenvalue weighted by Gasteiger charge is -2.38. The maximum atomic E-state index is 15.7. The molecular weight excluding hydrogens is 1780 g/mol. The van der Waals surface area contributed by atoms with Gasteiger partial charge in [0.25, 0.3) is 0 Å². The number of aromatic amines is 1. The Hall–Kier alpha value is -13.6. The van der Waals surface area contributed by atoms with Crippen molar-refractivity contribution in [3.8, 4) is 5.75 Å². The van der Waals surface area contributed by atoms with E-state index < -0.39 is 278 Å². The van der Waals surface area contributed by atoms with Gasteiger partial charge in [-0.2, -0.15) is 0 Å². The number of aliphatic hydroxyl groups is 1. The average molecular weight is 1900 g/mol. The summed E-state index contributed by atoms with van der Waals surface area (Å²) < 4.78 is 50.9. The number of nitrogens with zero attached hydrogens (tertiary/aromatic N) is 5. The molecule has 0 unspecified atom stereocenters. The smallest absolute Gasteiger partial charge is 0.246 e. The van der Waals surface area contributed by atoms with Gasteiger partial charge in [-0.25, -0.2) is 13.2 Å². The third-order valence-corrected chi connectivity index (χ3v) is 24.6. The lowest BCUT2D eigenvalue weighted by Crippen LogP contribution is -2.64. The number of unbranched alkanes of at least 4 members (excludes halogenated alkanes) is 1. The number of hydrogen-bond acceptors (Lipinski definition) is 22. The minimum Gasteiger partial charge on any atom is -0.508 e. The summed E-state index contributed by atoms with van der Waals surface area (Å²) in [5, 5.41) is 45.6. The van der Waals surface area contributed by atoms with E-state index in [9.17, 15) is 53.0 Å². The number of primary amides is 3. The Morgan fingerprint density at radius 1 is 0.533 bits per heavy atom. The maximum absolute atomic E-state index is 15.7. The lowest BCUT2D eigenvalue weighted by molar-refractivity contribution is -0.152. The molecule has 728 valence electrons. The van der Waals surface area contributed by atoms with Crippen molar-refractivity contribution in [1.82, 2.24) is 77.3 Å². The standard InChI is InChI=1S/C92H118F3N19O20S/c1-7-8-25-69-91(132)114-46-57(116)42-71(114)86(127)107-66(43-75(98)118)84(125)109-79(50(2)3)92(133)111(5)70(39-51-18-11-9-12-19-51)85(126)104-63(30-31-74(97)117)89(130)113-33-34-134-47-73(113)87(128)106-65(41-55-44-100-61-23-16-15-22-58(55)61)83(124)105-64(37-53-26-28-56(115)29-27-53)82(123)103-62(24-17-32-96)81(122)108-68(80(121)101-45-76(99)119)48-135-49-77(120)102-67(38-54-35-59(93)78(95)60(94)36-54)88(129)112(6)72(90(131)110(69)4)40-52-20-13-10-14-21-52/h9-16,18-23,26-29,35-36,44,50,57,62-73,79,100,115-116H,7-8,17,24-25,30-34,37-43,45-49,96H2,1-6H3,(H2,97,117)(H2,98,118)(H2,99,119)(H,101,121)(H,102,120)(H,103,123)(H,104,126)(H,105,124)(H,106,128)(H,107,127)(H,108,122)(H,109,125)/t57-,62-,63-,64-,65-,66-,67-,68-,69-,70-,71+,72-,73+,79-/m0/s1. The summed E-state index contributed by atoms with van der Waals surface area (Å²) in [7, 11) is 3.63. The monoisotopic (exact) mass is 1900 g/mol. The number of phenolic OH excluding ortho intramolecular Hbond substituents is 1. The van der Waals surface area contributed by atoms with Crippen LogP contribution < -0.4 is 70.8 Å². The van der Waals surface area contributed by atoms with Crippen molar-refractivity contribution in [2.24, 2.45) is 28.9 Å². The minimum atomic E-state index is -1.93. The number of amides is 17. The van der Waals surface area contributed by atoms with Crippen LogP contribution in [0.2, 0.25) is 0 Å². The highest BCUT2D eigenvalue weighted by Gasteiger charge is 2.48. The number of likely N-dealkylation sites (N-methyl/N-ethyl adjacent to an activating group) is 3. The number of aromatic hydroxyl groups is 1. The van der Waals surface area contributed by atoms with E-state index in [1.807, 2.05) is 0 Å². The third-order valence-electron chi connectivity index (χ3n) is 23.6. The molecule has 14 atom stereocenters. The molecule has 5 aromatic carbocycles. The fraction of sp³-hybridized carbons (Fsp3) is 0.467. The molecule has 6 aromatic rings. The molecule has 39 nitrogen and oxygen atoms in total. The van der Waals surface area contributed by atoms with Crippen molar-refractivity contribution in [3.05, 3.63) is 173 Å². The van der Waals surface area contributed by atoms with Crippen LogP contribution in [-0.4, -0.2) is 297 Å². The molecule has 0 saturated carbocycles. The number of ether oxygens (including phenoxy) is 1. The number of carbonyl (C=O) groups is 17. The zero-order valence-corrected chi connectivity index (χ0v) is 76.5.